The smallest absolute Gasteiger partial charge is 0.196 e. The van der Waals surface area contributed by atoms with E-state index in [1.54, 1.807) is 22.7 Å². The monoisotopic (exact) mass is 296 g/mol. The molecular weight excluding hydrogens is 291 g/mol. The molecule has 0 amide bonds. The molecule has 0 saturated carbocycles. The Bertz CT molecular complexity index is 730. The first-order chi connectivity index (χ1) is 8.69. The maximum atomic E-state index is 11.2. The summed E-state index contributed by atoms with van der Waals surface area (Å²) in [5, 5.41) is 0.649. The minimum atomic E-state index is 0.496. The molecule has 3 rings (SSSR count). The summed E-state index contributed by atoms with van der Waals surface area (Å²) in [6, 6.07) is 7.21. The van der Waals surface area contributed by atoms with Gasteiger partial charge < -0.3 is 0 Å². The minimum Gasteiger partial charge on any atom is -0.296 e. The van der Waals surface area contributed by atoms with Crippen LogP contribution in [-0.2, 0) is 0 Å². The lowest BCUT2D eigenvalue weighted by Crippen LogP contribution is -1.89. The average molecular weight is 297 g/mol. The van der Waals surface area contributed by atoms with Gasteiger partial charge in [-0.05, 0) is 12.1 Å². The van der Waals surface area contributed by atoms with E-state index in [9.17, 15) is 4.79 Å². The fourth-order valence-corrected chi connectivity index (χ4v) is 2.92. The van der Waals surface area contributed by atoms with Crippen LogP contribution in [0.3, 0.4) is 0 Å². The number of halogens is 2. The molecule has 0 aliphatic rings. The molecule has 90 valence electrons. The van der Waals surface area contributed by atoms with E-state index in [1.807, 2.05) is 12.1 Å². The summed E-state index contributed by atoms with van der Waals surface area (Å²) in [5.74, 6) is 0. The first-order valence-electron chi connectivity index (χ1n) is 5.07. The lowest BCUT2D eigenvalue weighted by Gasteiger charge is -1.98. The van der Waals surface area contributed by atoms with Gasteiger partial charge in [0.15, 0.2) is 11.2 Å². The number of rotatable bonds is 2. The third-order valence-electron chi connectivity index (χ3n) is 2.56. The summed E-state index contributed by atoms with van der Waals surface area (Å²) in [6.45, 7) is 0. The van der Waals surface area contributed by atoms with Gasteiger partial charge in [0.05, 0.1) is 0 Å². The van der Waals surface area contributed by atoms with Crippen molar-refractivity contribution in [2.75, 3.05) is 0 Å². The molecule has 3 aromatic rings. The molecule has 2 heterocycles. The lowest BCUT2D eigenvalue weighted by molar-refractivity contribution is 0.111. The van der Waals surface area contributed by atoms with E-state index < -0.39 is 0 Å². The molecule has 6 heteroatoms. The zero-order valence-corrected chi connectivity index (χ0v) is 11.3. The number of imidazole rings is 1. The number of aldehydes is 1. The van der Waals surface area contributed by atoms with Gasteiger partial charge in [0.1, 0.15) is 15.7 Å². The Hall–Kier alpha value is -1.36. The van der Waals surface area contributed by atoms with Gasteiger partial charge >= 0.3 is 0 Å². The number of thiazole rings is 1. The predicted octanol–water partition coefficient (Wildman–Crippen LogP) is 4.18. The van der Waals surface area contributed by atoms with E-state index >= 15 is 0 Å². The van der Waals surface area contributed by atoms with Gasteiger partial charge in [0.2, 0.25) is 0 Å². The molecule has 0 unspecified atom stereocenters. The van der Waals surface area contributed by atoms with Crippen LogP contribution in [0.5, 0.6) is 0 Å². The molecule has 0 bridgehead atoms. The Morgan fingerprint density at radius 3 is 2.61 bits per heavy atom. The van der Waals surface area contributed by atoms with Crippen LogP contribution >= 0.6 is 34.5 Å². The van der Waals surface area contributed by atoms with Crippen molar-refractivity contribution in [3.05, 3.63) is 45.5 Å². The number of fused-ring (bicyclic) bond motifs is 1. The highest BCUT2D eigenvalue weighted by Crippen LogP contribution is 2.30. The van der Waals surface area contributed by atoms with Gasteiger partial charge in [-0.1, -0.05) is 46.7 Å². The molecule has 18 heavy (non-hydrogen) atoms. The zero-order valence-electron chi connectivity index (χ0n) is 8.93. The molecule has 0 spiro atoms. The third-order valence-corrected chi connectivity index (χ3v) is 3.92. The van der Waals surface area contributed by atoms with Crippen LogP contribution in [0.4, 0.5) is 0 Å². The zero-order chi connectivity index (χ0) is 12.7. The number of carbonyl (C=O) groups is 1. The van der Waals surface area contributed by atoms with Crippen LogP contribution in [0.2, 0.25) is 9.36 Å². The number of carbonyl (C=O) groups excluding carboxylic acids is 1. The molecule has 0 atom stereocenters. The van der Waals surface area contributed by atoms with Gasteiger partial charge in [-0.15, -0.1) is 0 Å². The van der Waals surface area contributed by atoms with Gasteiger partial charge in [0.25, 0.3) is 0 Å². The molecular formula is C12H6Cl2N2OS. The van der Waals surface area contributed by atoms with Crippen molar-refractivity contribution in [1.29, 1.82) is 0 Å². The Labute approximate surface area is 117 Å². The topological polar surface area (TPSA) is 34.4 Å². The summed E-state index contributed by atoms with van der Waals surface area (Å²) in [4.78, 5) is 16.4. The summed E-state index contributed by atoms with van der Waals surface area (Å²) in [7, 11) is 0. The quantitative estimate of drug-likeness (QED) is 0.665. The van der Waals surface area contributed by atoms with Crippen molar-refractivity contribution in [2.24, 2.45) is 0 Å². The Balaban J connectivity index is 2.25. The highest BCUT2D eigenvalue weighted by atomic mass is 35.5. The molecule has 0 radical (unpaired) electrons. The molecule has 0 N–H and O–H groups in total. The van der Waals surface area contributed by atoms with Crippen LogP contribution in [0.1, 0.15) is 10.5 Å². The largest absolute Gasteiger partial charge is 0.296 e. The standard InChI is InChI=1S/C12H6Cl2N2OS/c13-8-3-1-7(2-4-8)11-9(6-17)16-5-10(14)18-12(16)15-11/h1-6H. The van der Waals surface area contributed by atoms with Crippen LogP contribution in [0.25, 0.3) is 16.2 Å². The van der Waals surface area contributed by atoms with Gasteiger partial charge in [-0.2, -0.15) is 0 Å². The summed E-state index contributed by atoms with van der Waals surface area (Å²) >= 11 is 13.1. The second-order valence-electron chi connectivity index (χ2n) is 3.66. The summed E-state index contributed by atoms with van der Waals surface area (Å²) < 4.78 is 2.30. The number of hydrogen-bond acceptors (Lipinski definition) is 3. The first kappa shape index (κ1) is 11.7. The van der Waals surface area contributed by atoms with E-state index in [0.717, 1.165) is 11.8 Å². The van der Waals surface area contributed by atoms with Gasteiger partial charge in [0, 0.05) is 16.8 Å². The van der Waals surface area contributed by atoms with Crippen molar-refractivity contribution >= 4 is 45.8 Å². The van der Waals surface area contributed by atoms with E-state index in [0.29, 0.717) is 25.7 Å². The Morgan fingerprint density at radius 1 is 1.22 bits per heavy atom. The Kier molecular flexibility index (Phi) is 2.86. The molecule has 0 aliphatic carbocycles. The maximum Gasteiger partial charge on any atom is 0.196 e. The molecule has 2 aromatic heterocycles. The summed E-state index contributed by atoms with van der Waals surface area (Å²) in [6.07, 6.45) is 2.48. The van der Waals surface area contributed by atoms with Gasteiger partial charge in [-0.25, -0.2) is 4.98 Å². The van der Waals surface area contributed by atoms with Crippen LogP contribution in [0.15, 0.2) is 30.5 Å². The third kappa shape index (κ3) is 1.82. The number of nitrogens with zero attached hydrogens (tertiary/aromatic N) is 2. The molecule has 3 nitrogen and oxygen atoms in total. The van der Waals surface area contributed by atoms with Crippen LogP contribution in [-0.4, -0.2) is 15.7 Å². The van der Waals surface area contributed by atoms with Crippen molar-refractivity contribution in [2.45, 2.75) is 0 Å². The minimum absolute atomic E-state index is 0.496. The van der Waals surface area contributed by atoms with Crippen molar-refractivity contribution in [3.8, 4) is 11.3 Å². The molecule has 1 aromatic carbocycles. The normalized spacial score (nSPS) is 11.0. The number of hydrogen-bond donors (Lipinski definition) is 0. The second kappa shape index (κ2) is 4.39. The average Bonchev–Trinajstić information content (AvgIpc) is 2.85. The fourth-order valence-electron chi connectivity index (χ4n) is 1.77. The number of aromatic nitrogens is 2. The lowest BCUT2D eigenvalue weighted by atomic mass is 10.1. The predicted molar refractivity (Wildman–Crippen MR) is 73.9 cm³/mol. The van der Waals surface area contributed by atoms with Crippen LogP contribution in [0, 0.1) is 0 Å². The van der Waals surface area contributed by atoms with Crippen LogP contribution < -0.4 is 0 Å². The molecule has 0 aliphatic heterocycles. The highest BCUT2D eigenvalue weighted by Gasteiger charge is 2.15. The van der Waals surface area contributed by atoms with Crippen molar-refractivity contribution in [3.63, 3.8) is 0 Å². The van der Waals surface area contributed by atoms with E-state index in [2.05, 4.69) is 4.98 Å². The fraction of sp³-hybridized carbons (Fsp3) is 0. The molecule has 0 fully saturated rings. The van der Waals surface area contributed by atoms with Crippen molar-refractivity contribution in [1.82, 2.24) is 9.38 Å². The van der Waals surface area contributed by atoms with Crippen molar-refractivity contribution < 1.29 is 4.79 Å². The maximum absolute atomic E-state index is 11.2. The SMILES string of the molecule is O=Cc1c(-c2ccc(Cl)cc2)nc2sc(Cl)cn12. The van der Waals surface area contributed by atoms with Gasteiger partial charge in [-0.3, -0.25) is 9.20 Å². The molecule has 0 saturated heterocycles. The van der Waals surface area contributed by atoms with E-state index in [4.69, 9.17) is 23.2 Å². The Morgan fingerprint density at radius 2 is 1.94 bits per heavy atom. The second-order valence-corrected chi connectivity index (χ2v) is 5.74. The van der Waals surface area contributed by atoms with E-state index in [-0.39, 0.29) is 0 Å². The first-order valence-corrected chi connectivity index (χ1v) is 6.65. The number of benzene rings is 1. The summed E-state index contributed by atoms with van der Waals surface area (Å²) in [5.41, 5.74) is 1.99. The van der Waals surface area contributed by atoms with E-state index in [1.165, 1.54) is 11.3 Å². The highest BCUT2D eigenvalue weighted by molar-refractivity contribution is 7.20.